The first-order chi connectivity index (χ1) is 11.8. The molecule has 2 aromatic rings. The van der Waals surface area contributed by atoms with Crippen LogP contribution in [0.4, 0.5) is 9.80 Å². The highest BCUT2D eigenvalue weighted by Gasteiger charge is 2.24. The quantitative estimate of drug-likeness (QED) is 0.776. The minimum Gasteiger partial charge on any atom is -0.497 e. The van der Waals surface area contributed by atoms with Crippen molar-refractivity contribution in [1.82, 2.24) is 4.98 Å². The van der Waals surface area contributed by atoms with Crippen molar-refractivity contribution in [2.24, 2.45) is 0 Å². The van der Waals surface area contributed by atoms with Gasteiger partial charge in [-0.1, -0.05) is 11.3 Å². The summed E-state index contributed by atoms with van der Waals surface area (Å²) in [6.07, 6.45) is 1.29. The second-order valence-corrected chi connectivity index (χ2v) is 7.30. The van der Waals surface area contributed by atoms with Crippen LogP contribution >= 0.6 is 11.3 Å². The Hall–Kier alpha value is -2.28. The summed E-state index contributed by atoms with van der Waals surface area (Å²) in [7, 11) is 3.22. The van der Waals surface area contributed by atoms with Crippen LogP contribution in [0.1, 0.15) is 27.7 Å². The summed E-state index contributed by atoms with van der Waals surface area (Å²) in [5.41, 5.74) is 0.270. The Labute approximate surface area is 152 Å². The molecule has 0 saturated carbocycles. The van der Waals surface area contributed by atoms with E-state index in [0.29, 0.717) is 18.0 Å². The molecule has 1 amide bonds. The molecule has 0 atom stereocenters. The Morgan fingerprint density at radius 2 is 1.96 bits per heavy atom. The molecule has 1 aromatic carbocycles. The number of ether oxygens (including phenoxy) is 3. The molecular formula is C18H24N2O4S. The predicted octanol–water partition coefficient (Wildman–Crippen LogP) is 4.59. The molecule has 0 radical (unpaired) electrons. The molecule has 7 heteroatoms. The van der Waals surface area contributed by atoms with Crippen molar-refractivity contribution in [2.45, 2.75) is 33.3 Å². The molecule has 0 unspecified atom stereocenters. The summed E-state index contributed by atoms with van der Waals surface area (Å²) in [6, 6.07) is 5.53. The zero-order valence-electron chi connectivity index (χ0n) is 15.5. The number of amides is 1. The van der Waals surface area contributed by atoms with Gasteiger partial charge in [-0.2, -0.15) is 0 Å². The minimum absolute atomic E-state index is 0.386. The van der Waals surface area contributed by atoms with E-state index in [1.807, 2.05) is 45.9 Å². The van der Waals surface area contributed by atoms with E-state index in [0.717, 1.165) is 15.6 Å². The maximum Gasteiger partial charge on any atom is 0.415 e. The van der Waals surface area contributed by atoms with Gasteiger partial charge in [0.2, 0.25) is 0 Å². The smallest absolute Gasteiger partial charge is 0.415 e. The van der Waals surface area contributed by atoms with Crippen molar-refractivity contribution in [3.8, 4) is 22.1 Å². The summed E-state index contributed by atoms with van der Waals surface area (Å²) >= 11 is 1.40. The highest BCUT2D eigenvalue weighted by Crippen LogP contribution is 2.38. The van der Waals surface area contributed by atoms with Crippen molar-refractivity contribution in [2.75, 3.05) is 25.7 Å². The van der Waals surface area contributed by atoms with Gasteiger partial charge < -0.3 is 14.2 Å². The van der Waals surface area contributed by atoms with Crippen molar-refractivity contribution in [1.29, 1.82) is 0 Å². The number of hydrogen-bond acceptors (Lipinski definition) is 6. The number of nitrogens with zero attached hydrogens (tertiary/aromatic N) is 2. The minimum atomic E-state index is -0.548. The van der Waals surface area contributed by atoms with Crippen LogP contribution in [-0.4, -0.2) is 37.4 Å². The van der Waals surface area contributed by atoms with E-state index in [2.05, 4.69) is 4.98 Å². The first-order valence-corrected chi connectivity index (χ1v) is 8.79. The molecular weight excluding hydrogens is 340 g/mol. The van der Waals surface area contributed by atoms with Gasteiger partial charge in [-0.15, -0.1) is 0 Å². The van der Waals surface area contributed by atoms with E-state index in [4.69, 9.17) is 14.2 Å². The molecule has 0 bridgehead atoms. The molecule has 136 valence electrons. The molecule has 1 heterocycles. The number of hydrogen-bond donors (Lipinski definition) is 0. The van der Waals surface area contributed by atoms with E-state index in [1.54, 1.807) is 25.3 Å². The third-order valence-corrected chi connectivity index (χ3v) is 4.38. The number of methoxy groups -OCH3 is 2. The van der Waals surface area contributed by atoms with E-state index < -0.39 is 5.60 Å². The van der Waals surface area contributed by atoms with Crippen LogP contribution in [-0.2, 0) is 4.74 Å². The van der Waals surface area contributed by atoms with Gasteiger partial charge in [0.05, 0.1) is 26.0 Å². The summed E-state index contributed by atoms with van der Waals surface area (Å²) in [5.74, 6) is 1.41. The zero-order chi connectivity index (χ0) is 18.6. The highest BCUT2D eigenvalue weighted by molar-refractivity contribution is 7.19. The molecule has 0 aliphatic carbocycles. The van der Waals surface area contributed by atoms with E-state index in [-0.39, 0.29) is 6.09 Å². The number of aromatic nitrogens is 1. The molecule has 0 spiro atoms. The lowest BCUT2D eigenvalue weighted by Gasteiger charge is -2.25. The maximum atomic E-state index is 12.4. The van der Waals surface area contributed by atoms with E-state index in [1.165, 1.54) is 11.3 Å². The van der Waals surface area contributed by atoms with Gasteiger partial charge in [0.15, 0.2) is 0 Å². The fraction of sp³-hybridized carbons (Fsp3) is 0.444. The molecule has 0 aliphatic rings. The monoisotopic (exact) mass is 364 g/mol. The number of rotatable bonds is 5. The van der Waals surface area contributed by atoms with Crippen LogP contribution in [0.15, 0.2) is 24.4 Å². The van der Waals surface area contributed by atoms with Gasteiger partial charge in [0.1, 0.15) is 27.1 Å². The third-order valence-electron chi connectivity index (χ3n) is 3.33. The van der Waals surface area contributed by atoms with Crippen molar-refractivity contribution < 1.29 is 19.0 Å². The normalized spacial score (nSPS) is 11.1. The molecule has 0 saturated heterocycles. The number of anilines is 1. The fourth-order valence-corrected chi connectivity index (χ4v) is 3.18. The maximum absolute atomic E-state index is 12.4. The highest BCUT2D eigenvalue weighted by atomic mass is 32.1. The Kier molecular flexibility index (Phi) is 5.89. The molecule has 0 aliphatic heterocycles. The molecule has 6 nitrogen and oxygen atoms in total. The standard InChI is InChI=1S/C18H24N2O4S/c1-7-20(17(21)24-18(2,3)4)15-11-19-16(25-15)13-10-12(22-5)8-9-14(13)23-6/h8-11H,7H2,1-6H3. The van der Waals surface area contributed by atoms with Crippen LogP contribution in [0.25, 0.3) is 10.6 Å². The van der Waals surface area contributed by atoms with Crippen LogP contribution in [0, 0.1) is 0 Å². The lowest BCUT2D eigenvalue weighted by atomic mass is 10.2. The Morgan fingerprint density at radius 1 is 1.24 bits per heavy atom. The predicted molar refractivity (Wildman–Crippen MR) is 99.9 cm³/mol. The van der Waals surface area contributed by atoms with Gasteiger partial charge >= 0.3 is 6.09 Å². The molecule has 1 aromatic heterocycles. The average molecular weight is 364 g/mol. The summed E-state index contributed by atoms with van der Waals surface area (Å²) < 4.78 is 16.2. The van der Waals surface area contributed by atoms with Gasteiger partial charge in [0.25, 0.3) is 0 Å². The fourth-order valence-electron chi connectivity index (χ4n) is 2.19. The van der Waals surface area contributed by atoms with Gasteiger partial charge in [-0.05, 0) is 45.9 Å². The summed E-state index contributed by atoms with van der Waals surface area (Å²) in [5, 5.41) is 1.46. The van der Waals surface area contributed by atoms with E-state index >= 15 is 0 Å². The van der Waals surface area contributed by atoms with Crippen LogP contribution < -0.4 is 14.4 Å². The second kappa shape index (κ2) is 7.74. The third kappa shape index (κ3) is 4.63. The first-order valence-electron chi connectivity index (χ1n) is 7.97. The lowest BCUT2D eigenvalue weighted by Crippen LogP contribution is -2.36. The SMILES string of the molecule is CCN(C(=O)OC(C)(C)C)c1cnc(-c2cc(OC)ccc2OC)s1. The number of carbonyl (C=O) groups excluding carboxylic acids is 1. The molecule has 25 heavy (non-hydrogen) atoms. The zero-order valence-corrected chi connectivity index (χ0v) is 16.3. The van der Waals surface area contributed by atoms with Crippen LogP contribution in [0.2, 0.25) is 0 Å². The average Bonchev–Trinajstić information content (AvgIpc) is 3.02. The summed E-state index contributed by atoms with van der Waals surface area (Å²) in [6.45, 7) is 7.93. The van der Waals surface area contributed by atoms with Gasteiger partial charge in [0, 0.05) is 6.54 Å². The topological polar surface area (TPSA) is 60.9 Å². The lowest BCUT2D eigenvalue weighted by molar-refractivity contribution is 0.0583. The van der Waals surface area contributed by atoms with Crippen molar-refractivity contribution in [3.05, 3.63) is 24.4 Å². The van der Waals surface area contributed by atoms with Crippen LogP contribution in [0.3, 0.4) is 0 Å². The Bertz CT molecular complexity index is 737. The first kappa shape index (κ1) is 19.1. The van der Waals surface area contributed by atoms with E-state index in [9.17, 15) is 4.79 Å². The largest absolute Gasteiger partial charge is 0.497 e. The van der Waals surface area contributed by atoms with Crippen molar-refractivity contribution >= 4 is 22.4 Å². The van der Waals surface area contributed by atoms with Gasteiger partial charge in [-0.3, -0.25) is 4.90 Å². The molecule has 2 rings (SSSR count). The van der Waals surface area contributed by atoms with Crippen LogP contribution in [0.5, 0.6) is 11.5 Å². The number of thiazole rings is 1. The molecule has 0 N–H and O–H groups in total. The van der Waals surface area contributed by atoms with Crippen molar-refractivity contribution in [3.63, 3.8) is 0 Å². The number of carbonyl (C=O) groups is 1. The Balaban J connectivity index is 2.34. The second-order valence-electron chi connectivity index (χ2n) is 6.29. The summed E-state index contributed by atoms with van der Waals surface area (Å²) in [4.78, 5) is 18.4. The molecule has 0 fully saturated rings. The van der Waals surface area contributed by atoms with Gasteiger partial charge in [-0.25, -0.2) is 9.78 Å². The number of benzene rings is 1. The Morgan fingerprint density at radius 3 is 2.52 bits per heavy atom.